The third-order valence-corrected chi connectivity index (χ3v) is 15.7. The Hall–Kier alpha value is 0.720. The molecule has 0 bridgehead atoms. The summed E-state index contributed by atoms with van der Waals surface area (Å²) in [4.78, 5) is 0. The van der Waals surface area contributed by atoms with E-state index in [1.54, 1.807) is 37.5 Å². The molecule has 44 heavy (non-hydrogen) atoms. The van der Waals surface area contributed by atoms with Crippen molar-refractivity contribution >= 4 is 7.26 Å². The van der Waals surface area contributed by atoms with E-state index in [2.05, 4.69) is 27.7 Å². The van der Waals surface area contributed by atoms with E-state index in [9.17, 15) is 0 Å². The molecule has 0 radical (unpaired) electrons. The molecule has 0 fully saturated rings. The average Bonchev–Trinajstić information content (AvgIpc) is 3.01. The normalized spacial score (nSPS) is 11.7. The number of halogens is 1. The largest absolute Gasteiger partial charge is 1.00 e. The lowest BCUT2D eigenvalue weighted by atomic mass is 10.0. The molecule has 0 saturated carbocycles. The van der Waals surface area contributed by atoms with E-state index < -0.39 is 7.26 Å². The molecular formula is C42H88ClP. The molecule has 0 aromatic heterocycles. The molecule has 0 heterocycles. The van der Waals surface area contributed by atoms with Gasteiger partial charge in [-0.1, -0.05) is 207 Å². The lowest BCUT2D eigenvalue weighted by Crippen LogP contribution is -3.00. The van der Waals surface area contributed by atoms with Crippen molar-refractivity contribution in [2.45, 2.75) is 246 Å². The minimum Gasteiger partial charge on any atom is -1.00 e. The second-order valence-electron chi connectivity index (χ2n) is 14.8. The van der Waals surface area contributed by atoms with Crippen molar-refractivity contribution in [2.24, 2.45) is 0 Å². The Labute approximate surface area is 289 Å². The maximum absolute atomic E-state index is 2.46. The summed E-state index contributed by atoms with van der Waals surface area (Å²) in [5.41, 5.74) is 0. The van der Waals surface area contributed by atoms with Crippen molar-refractivity contribution < 1.29 is 12.4 Å². The predicted molar refractivity (Wildman–Crippen MR) is 206 cm³/mol. The molecular weight excluding hydrogens is 571 g/mol. The number of unbranched alkanes of at least 4 members (excludes halogenated alkanes) is 30. The molecule has 0 amide bonds. The van der Waals surface area contributed by atoms with E-state index in [0.29, 0.717) is 0 Å². The van der Waals surface area contributed by atoms with Gasteiger partial charge >= 0.3 is 0 Å². The fourth-order valence-corrected chi connectivity index (χ4v) is 12.6. The summed E-state index contributed by atoms with van der Waals surface area (Å²) in [6.45, 7) is 9.56. The van der Waals surface area contributed by atoms with Crippen molar-refractivity contribution in [3.05, 3.63) is 0 Å². The molecule has 0 rings (SSSR count). The van der Waals surface area contributed by atoms with Gasteiger partial charge in [0.15, 0.2) is 0 Å². The van der Waals surface area contributed by atoms with Crippen LogP contribution >= 0.6 is 7.26 Å². The number of hydrogen-bond donors (Lipinski definition) is 0. The molecule has 268 valence electrons. The smallest absolute Gasteiger partial charge is 0.0594 e. The lowest BCUT2D eigenvalue weighted by Gasteiger charge is -2.27. The van der Waals surface area contributed by atoms with Gasteiger partial charge in [-0.25, -0.2) is 0 Å². The second kappa shape index (κ2) is 39.9. The van der Waals surface area contributed by atoms with Crippen molar-refractivity contribution in [2.75, 3.05) is 24.6 Å². The van der Waals surface area contributed by atoms with Gasteiger partial charge in [0, 0.05) is 7.26 Å². The van der Waals surface area contributed by atoms with Crippen LogP contribution in [0, 0.1) is 0 Å². The molecule has 0 aromatic carbocycles. The Kier molecular flexibility index (Phi) is 42.5. The Morgan fingerprint density at radius 1 is 0.205 bits per heavy atom. The minimum atomic E-state index is -0.673. The quantitative estimate of drug-likeness (QED) is 0.0457. The van der Waals surface area contributed by atoms with Gasteiger partial charge in [-0.2, -0.15) is 0 Å². The summed E-state index contributed by atoms with van der Waals surface area (Å²) in [5.74, 6) is 0. The first-order chi connectivity index (χ1) is 21.2. The van der Waals surface area contributed by atoms with E-state index in [1.165, 1.54) is 205 Å². The van der Waals surface area contributed by atoms with Crippen LogP contribution < -0.4 is 12.4 Å². The van der Waals surface area contributed by atoms with Crippen LogP contribution in [0.3, 0.4) is 0 Å². The molecule has 0 aliphatic carbocycles. The lowest BCUT2D eigenvalue weighted by molar-refractivity contribution is -0.00000975. The average molecular weight is 660 g/mol. The van der Waals surface area contributed by atoms with Gasteiger partial charge in [0.2, 0.25) is 0 Å². The molecule has 0 nitrogen and oxygen atoms in total. The first kappa shape index (κ1) is 46.8. The van der Waals surface area contributed by atoms with Crippen molar-refractivity contribution in [1.82, 2.24) is 0 Å². The van der Waals surface area contributed by atoms with Gasteiger partial charge in [-0.05, 0) is 38.5 Å². The van der Waals surface area contributed by atoms with E-state index in [-0.39, 0.29) is 12.4 Å². The van der Waals surface area contributed by atoms with Gasteiger partial charge in [0.05, 0.1) is 24.6 Å². The third-order valence-electron chi connectivity index (χ3n) is 10.4. The van der Waals surface area contributed by atoms with E-state index in [0.717, 1.165) is 0 Å². The Bertz CT molecular complexity index is 448. The molecule has 0 aliphatic heterocycles. The summed E-state index contributed by atoms with van der Waals surface area (Å²) in [6, 6.07) is 0. The zero-order chi connectivity index (χ0) is 31.4. The highest BCUT2D eigenvalue weighted by atomic mass is 35.5. The van der Waals surface area contributed by atoms with Gasteiger partial charge in [0.25, 0.3) is 0 Å². The van der Waals surface area contributed by atoms with Crippen LogP contribution in [0.15, 0.2) is 0 Å². The zero-order valence-corrected chi connectivity index (χ0v) is 33.3. The predicted octanol–water partition coefficient (Wildman–Crippen LogP) is 13.4. The molecule has 0 N–H and O–H groups in total. The molecule has 0 aromatic rings. The van der Waals surface area contributed by atoms with Crippen molar-refractivity contribution in [1.29, 1.82) is 0 Å². The first-order valence-electron chi connectivity index (χ1n) is 21.1. The SMILES string of the molecule is CCCCCCCCCCCCCCCCCC[P+](CCC)(CCC)CCCCCCCCCCCCCCCCCC.[Cl-]. The number of hydrogen-bond acceptors (Lipinski definition) is 0. The maximum Gasteiger partial charge on any atom is 0.0594 e. The van der Waals surface area contributed by atoms with E-state index in [4.69, 9.17) is 0 Å². The molecule has 0 atom stereocenters. The van der Waals surface area contributed by atoms with Gasteiger partial charge in [-0.3, -0.25) is 0 Å². The van der Waals surface area contributed by atoms with Crippen molar-refractivity contribution in [3.63, 3.8) is 0 Å². The number of rotatable bonds is 38. The fraction of sp³-hybridized carbons (Fsp3) is 1.00. The molecule has 0 saturated heterocycles. The van der Waals surface area contributed by atoms with Crippen LogP contribution in [0.4, 0.5) is 0 Å². The second-order valence-corrected chi connectivity index (χ2v) is 19.3. The molecule has 0 aliphatic rings. The van der Waals surface area contributed by atoms with E-state index >= 15 is 0 Å². The summed E-state index contributed by atoms with van der Waals surface area (Å²) >= 11 is 0. The highest BCUT2D eigenvalue weighted by Gasteiger charge is 2.33. The zero-order valence-electron chi connectivity index (χ0n) is 31.7. The molecule has 0 unspecified atom stereocenters. The minimum absolute atomic E-state index is 0. The summed E-state index contributed by atoms with van der Waals surface area (Å²) < 4.78 is 0. The Morgan fingerprint density at radius 2 is 0.386 bits per heavy atom. The van der Waals surface area contributed by atoms with Crippen LogP contribution in [0.2, 0.25) is 0 Å². The summed E-state index contributed by atoms with van der Waals surface area (Å²) in [5, 5.41) is 0. The third kappa shape index (κ3) is 34.1. The maximum atomic E-state index is 2.46. The van der Waals surface area contributed by atoms with Crippen LogP contribution in [-0.4, -0.2) is 24.6 Å². The molecule has 0 spiro atoms. The van der Waals surface area contributed by atoms with Crippen LogP contribution in [-0.2, 0) is 0 Å². The summed E-state index contributed by atoms with van der Waals surface area (Å²) in [6.07, 6.45) is 56.9. The monoisotopic (exact) mass is 659 g/mol. The molecule has 2 heteroatoms. The van der Waals surface area contributed by atoms with Gasteiger partial charge in [-0.15, -0.1) is 0 Å². The summed E-state index contributed by atoms with van der Waals surface area (Å²) in [7, 11) is -0.673. The first-order valence-corrected chi connectivity index (χ1v) is 23.6. The van der Waals surface area contributed by atoms with Crippen molar-refractivity contribution in [3.8, 4) is 0 Å². The van der Waals surface area contributed by atoms with Gasteiger partial charge < -0.3 is 12.4 Å². The Morgan fingerprint density at radius 3 is 0.568 bits per heavy atom. The standard InChI is InChI=1S/C42H88P.ClH/c1-5-9-11-13-15-17-19-21-23-25-27-29-31-33-35-37-41-43(39-7-3,40-8-4)42-38-36-34-32-30-28-26-24-22-20-18-16-14-12-10-6-2;/h5-42H2,1-4H3;1H/q+1;/p-1. The topological polar surface area (TPSA) is 0 Å². The fourth-order valence-electron chi connectivity index (χ4n) is 7.61. The van der Waals surface area contributed by atoms with Crippen LogP contribution in [0.25, 0.3) is 0 Å². The highest BCUT2D eigenvalue weighted by Crippen LogP contribution is 2.61. The van der Waals surface area contributed by atoms with Gasteiger partial charge in [0.1, 0.15) is 0 Å². The highest BCUT2D eigenvalue weighted by molar-refractivity contribution is 7.75. The van der Waals surface area contributed by atoms with Crippen LogP contribution in [0.5, 0.6) is 0 Å². The van der Waals surface area contributed by atoms with Crippen LogP contribution in [0.1, 0.15) is 246 Å². The van der Waals surface area contributed by atoms with E-state index in [1.807, 2.05) is 0 Å². The Balaban J connectivity index is 0.